The van der Waals surface area contributed by atoms with Crippen LogP contribution in [0, 0.1) is 0 Å². The molecule has 2 aromatic rings. The SMILES string of the molecule is CC(NC1CC(c2ccc(Cl)cc2)C1)c1ccccn1. The summed E-state index contributed by atoms with van der Waals surface area (Å²) >= 11 is 5.92. The van der Waals surface area contributed by atoms with Crippen LogP contribution in [-0.4, -0.2) is 11.0 Å². The molecule has 2 nitrogen and oxygen atoms in total. The fourth-order valence-electron chi connectivity index (χ4n) is 2.83. The molecule has 20 heavy (non-hydrogen) atoms. The highest BCUT2D eigenvalue weighted by Gasteiger charge is 2.31. The molecule has 1 aromatic heterocycles. The van der Waals surface area contributed by atoms with E-state index in [2.05, 4.69) is 35.4 Å². The molecule has 1 aliphatic carbocycles. The van der Waals surface area contributed by atoms with Crippen LogP contribution in [0.4, 0.5) is 0 Å². The summed E-state index contributed by atoms with van der Waals surface area (Å²) in [5.74, 6) is 0.667. The molecule has 1 saturated carbocycles. The summed E-state index contributed by atoms with van der Waals surface area (Å²) in [6, 6.07) is 15.2. The molecule has 0 saturated heterocycles. The monoisotopic (exact) mass is 286 g/mol. The molecule has 1 N–H and O–H groups in total. The van der Waals surface area contributed by atoms with Crippen molar-refractivity contribution >= 4 is 11.6 Å². The molecule has 1 atom stereocenters. The van der Waals surface area contributed by atoms with Gasteiger partial charge in [0.2, 0.25) is 0 Å². The molecular weight excluding hydrogens is 268 g/mol. The van der Waals surface area contributed by atoms with E-state index >= 15 is 0 Å². The Morgan fingerprint density at radius 3 is 2.55 bits per heavy atom. The number of benzene rings is 1. The Bertz CT molecular complexity index is 547. The van der Waals surface area contributed by atoms with Crippen LogP contribution in [0.1, 0.15) is 43.0 Å². The molecule has 1 aliphatic rings. The Balaban J connectivity index is 1.52. The molecule has 1 heterocycles. The second-order valence-electron chi connectivity index (χ2n) is 5.56. The maximum absolute atomic E-state index is 5.92. The molecule has 1 fully saturated rings. The maximum Gasteiger partial charge on any atom is 0.0570 e. The lowest BCUT2D eigenvalue weighted by Gasteiger charge is -2.38. The highest BCUT2D eigenvalue weighted by atomic mass is 35.5. The van der Waals surface area contributed by atoms with E-state index in [9.17, 15) is 0 Å². The molecule has 0 bridgehead atoms. The molecule has 3 heteroatoms. The molecule has 1 aromatic carbocycles. The number of aromatic nitrogens is 1. The third-order valence-corrected chi connectivity index (χ3v) is 4.35. The normalized spacial score (nSPS) is 23.1. The number of hydrogen-bond acceptors (Lipinski definition) is 2. The maximum atomic E-state index is 5.92. The Kier molecular flexibility index (Phi) is 4.04. The van der Waals surface area contributed by atoms with Gasteiger partial charge in [0, 0.05) is 23.3 Å². The second kappa shape index (κ2) is 5.94. The Morgan fingerprint density at radius 1 is 1.15 bits per heavy atom. The van der Waals surface area contributed by atoms with Crippen LogP contribution in [0.3, 0.4) is 0 Å². The summed E-state index contributed by atoms with van der Waals surface area (Å²) in [6.07, 6.45) is 4.24. The van der Waals surface area contributed by atoms with Gasteiger partial charge in [0.25, 0.3) is 0 Å². The summed E-state index contributed by atoms with van der Waals surface area (Å²) in [4.78, 5) is 4.40. The van der Waals surface area contributed by atoms with Crippen molar-refractivity contribution in [1.82, 2.24) is 10.3 Å². The third kappa shape index (κ3) is 3.02. The fourth-order valence-corrected chi connectivity index (χ4v) is 2.96. The molecule has 3 rings (SSSR count). The van der Waals surface area contributed by atoms with E-state index in [0.29, 0.717) is 18.0 Å². The lowest BCUT2D eigenvalue weighted by molar-refractivity contribution is 0.269. The van der Waals surface area contributed by atoms with Gasteiger partial charge in [-0.1, -0.05) is 29.8 Å². The van der Waals surface area contributed by atoms with Gasteiger partial charge in [-0.2, -0.15) is 0 Å². The molecule has 0 amide bonds. The van der Waals surface area contributed by atoms with Crippen molar-refractivity contribution in [3.8, 4) is 0 Å². The van der Waals surface area contributed by atoms with Crippen molar-refractivity contribution < 1.29 is 0 Å². The van der Waals surface area contributed by atoms with Gasteiger partial charge in [0.05, 0.1) is 5.69 Å². The van der Waals surface area contributed by atoms with Crippen LogP contribution in [0.25, 0.3) is 0 Å². The zero-order valence-corrected chi connectivity index (χ0v) is 12.3. The number of pyridine rings is 1. The molecule has 0 spiro atoms. The van der Waals surface area contributed by atoms with E-state index in [1.807, 2.05) is 30.5 Å². The van der Waals surface area contributed by atoms with Crippen LogP contribution in [0.2, 0.25) is 5.02 Å². The van der Waals surface area contributed by atoms with E-state index in [4.69, 9.17) is 11.6 Å². The lowest BCUT2D eigenvalue weighted by atomic mass is 9.75. The smallest absolute Gasteiger partial charge is 0.0570 e. The van der Waals surface area contributed by atoms with Gasteiger partial charge in [0.1, 0.15) is 0 Å². The van der Waals surface area contributed by atoms with Crippen LogP contribution in [0.5, 0.6) is 0 Å². The van der Waals surface area contributed by atoms with E-state index in [-0.39, 0.29) is 0 Å². The minimum atomic E-state index is 0.312. The van der Waals surface area contributed by atoms with Crippen LogP contribution >= 0.6 is 11.6 Å². The molecule has 1 unspecified atom stereocenters. The summed E-state index contributed by atoms with van der Waals surface area (Å²) in [5.41, 5.74) is 2.51. The fraction of sp³-hybridized carbons (Fsp3) is 0.353. The van der Waals surface area contributed by atoms with Crippen molar-refractivity contribution in [2.24, 2.45) is 0 Å². The van der Waals surface area contributed by atoms with Crippen molar-refractivity contribution in [3.05, 3.63) is 64.9 Å². The second-order valence-corrected chi connectivity index (χ2v) is 6.00. The minimum Gasteiger partial charge on any atom is -0.306 e. The van der Waals surface area contributed by atoms with Gasteiger partial charge < -0.3 is 5.32 Å². The van der Waals surface area contributed by atoms with Crippen molar-refractivity contribution in [2.45, 2.75) is 37.8 Å². The van der Waals surface area contributed by atoms with Gasteiger partial charge in [0.15, 0.2) is 0 Å². The van der Waals surface area contributed by atoms with Crippen molar-refractivity contribution in [3.63, 3.8) is 0 Å². The lowest BCUT2D eigenvalue weighted by Crippen LogP contribution is -2.41. The number of nitrogens with zero attached hydrogens (tertiary/aromatic N) is 1. The molecule has 0 aliphatic heterocycles. The van der Waals surface area contributed by atoms with Crippen LogP contribution in [-0.2, 0) is 0 Å². The summed E-state index contributed by atoms with van der Waals surface area (Å²) in [7, 11) is 0. The van der Waals surface area contributed by atoms with Gasteiger partial charge in [-0.25, -0.2) is 0 Å². The number of nitrogens with one attached hydrogen (secondary N) is 1. The standard InChI is InChI=1S/C17H19ClN2/c1-12(17-4-2-3-9-19-17)20-16-10-14(11-16)13-5-7-15(18)8-6-13/h2-9,12,14,16,20H,10-11H2,1H3. The Hall–Kier alpha value is -1.38. The van der Waals surface area contributed by atoms with E-state index in [0.717, 1.165) is 10.7 Å². The van der Waals surface area contributed by atoms with E-state index < -0.39 is 0 Å². The largest absolute Gasteiger partial charge is 0.306 e. The molecule has 104 valence electrons. The van der Waals surface area contributed by atoms with Crippen molar-refractivity contribution in [2.75, 3.05) is 0 Å². The number of hydrogen-bond donors (Lipinski definition) is 1. The average molecular weight is 287 g/mol. The van der Waals surface area contributed by atoms with Crippen molar-refractivity contribution in [1.29, 1.82) is 0 Å². The zero-order chi connectivity index (χ0) is 13.9. The average Bonchev–Trinajstić information content (AvgIpc) is 2.44. The van der Waals surface area contributed by atoms with Gasteiger partial charge in [-0.15, -0.1) is 0 Å². The first kappa shape index (κ1) is 13.6. The van der Waals surface area contributed by atoms with Gasteiger partial charge in [-0.3, -0.25) is 4.98 Å². The van der Waals surface area contributed by atoms with Crippen LogP contribution < -0.4 is 5.32 Å². The van der Waals surface area contributed by atoms with Gasteiger partial charge in [-0.05, 0) is 55.5 Å². The Labute approximate surface area is 125 Å². The van der Waals surface area contributed by atoms with E-state index in [1.54, 1.807) is 0 Å². The highest BCUT2D eigenvalue weighted by molar-refractivity contribution is 6.30. The topological polar surface area (TPSA) is 24.9 Å². The predicted molar refractivity (Wildman–Crippen MR) is 83.0 cm³/mol. The first-order valence-electron chi connectivity index (χ1n) is 7.15. The quantitative estimate of drug-likeness (QED) is 0.905. The summed E-state index contributed by atoms with van der Waals surface area (Å²) < 4.78 is 0. The zero-order valence-electron chi connectivity index (χ0n) is 11.6. The van der Waals surface area contributed by atoms with E-state index in [1.165, 1.54) is 18.4 Å². The van der Waals surface area contributed by atoms with Gasteiger partial charge >= 0.3 is 0 Å². The molecule has 0 radical (unpaired) electrons. The third-order valence-electron chi connectivity index (χ3n) is 4.10. The Morgan fingerprint density at radius 2 is 1.90 bits per heavy atom. The molecular formula is C17H19ClN2. The number of halogens is 1. The number of rotatable bonds is 4. The highest BCUT2D eigenvalue weighted by Crippen LogP contribution is 2.38. The summed E-state index contributed by atoms with van der Waals surface area (Å²) in [5, 5.41) is 4.47. The predicted octanol–water partition coefficient (Wildman–Crippen LogP) is 4.33. The minimum absolute atomic E-state index is 0.312. The first-order chi connectivity index (χ1) is 9.72. The summed E-state index contributed by atoms with van der Waals surface area (Å²) in [6.45, 7) is 2.18. The van der Waals surface area contributed by atoms with Crippen LogP contribution in [0.15, 0.2) is 48.7 Å². The first-order valence-corrected chi connectivity index (χ1v) is 7.52.